The molecule has 1 saturated carbocycles. The van der Waals surface area contributed by atoms with Crippen molar-refractivity contribution in [3.8, 4) is 5.88 Å². The number of hydrogen-bond acceptors (Lipinski definition) is 6. The van der Waals surface area contributed by atoms with Gasteiger partial charge in [-0.1, -0.05) is 13.3 Å². The monoisotopic (exact) mass is 266 g/mol. The van der Waals surface area contributed by atoms with Crippen LogP contribution in [0.1, 0.15) is 32.6 Å². The Hall–Kier alpha value is -1.92. The molecule has 0 aromatic carbocycles. The first-order valence-corrected chi connectivity index (χ1v) is 6.39. The zero-order chi connectivity index (χ0) is 13.9. The third-order valence-electron chi connectivity index (χ3n) is 3.53. The molecule has 0 unspecified atom stereocenters. The van der Waals surface area contributed by atoms with Crippen molar-refractivity contribution in [1.82, 2.24) is 9.97 Å². The molecule has 0 aliphatic heterocycles. The van der Waals surface area contributed by atoms with Gasteiger partial charge in [-0.15, -0.1) is 0 Å². The summed E-state index contributed by atoms with van der Waals surface area (Å²) in [4.78, 5) is 18.3. The van der Waals surface area contributed by atoms with E-state index in [-0.39, 0.29) is 17.4 Å². The lowest BCUT2D eigenvalue weighted by Crippen LogP contribution is -2.17. The predicted molar refractivity (Wildman–Crippen MR) is 70.3 cm³/mol. The van der Waals surface area contributed by atoms with Crippen LogP contribution in [-0.4, -0.2) is 28.5 Å². The first-order valence-electron chi connectivity index (χ1n) is 6.39. The van der Waals surface area contributed by atoms with Crippen molar-refractivity contribution in [3.63, 3.8) is 0 Å². The Kier molecular flexibility index (Phi) is 3.82. The van der Waals surface area contributed by atoms with E-state index in [9.17, 15) is 10.1 Å². The van der Waals surface area contributed by atoms with Gasteiger partial charge < -0.3 is 10.1 Å². The second kappa shape index (κ2) is 5.38. The van der Waals surface area contributed by atoms with Gasteiger partial charge in [-0.05, 0) is 24.7 Å². The maximum absolute atomic E-state index is 11.1. The number of nitrogens with one attached hydrogen (secondary N) is 1. The minimum absolute atomic E-state index is 0.0113. The number of ether oxygens (including phenoxy) is 1. The van der Waals surface area contributed by atoms with Crippen molar-refractivity contribution in [2.75, 3.05) is 19.0 Å². The number of nitrogens with zero attached hydrogens (tertiary/aromatic N) is 3. The van der Waals surface area contributed by atoms with Crippen molar-refractivity contribution in [1.29, 1.82) is 0 Å². The number of rotatable bonds is 7. The number of anilines is 1. The van der Waals surface area contributed by atoms with Crippen LogP contribution < -0.4 is 10.1 Å². The van der Waals surface area contributed by atoms with Crippen molar-refractivity contribution >= 4 is 11.5 Å². The standard InChI is InChI=1S/C12H18N4O3/c1-3-4-12(5-6-12)7-13-10-9(16(17)18)11(19-2)15-8-14-10/h8H,3-7H2,1-2H3,(H,13,14,15). The molecule has 7 nitrogen and oxygen atoms in total. The van der Waals surface area contributed by atoms with Gasteiger partial charge in [-0.25, -0.2) is 4.98 Å². The molecule has 19 heavy (non-hydrogen) atoms. The second-order valence-electron chi connectivity index (χ2n) is 4.94. The molecule has 1 aromatic heterocycles. The van der Waals surface area contributed by atoms with Crippen LogP contribution >= 0.6 is 0 Å². The average Bonchev–Trinajstić information content (AvgIpc) is 3.16. The molecule has 2 rings (SSSR count). The number of aromatic nitrogens is 2. The summed E-state index contributed by atoms with van der Waals surface area (Å²) in [6, 6.07) is 0. The maximum Gasteiger partial charge on any atom is 0.372 e. The normalized spacial score (nSPS) is 15.9. The first-order chi connectivity index (χ1) is 9.12. The molecular formula is C12H18N4O3. The SMILES string of the molecule is CCCC1(CNc2ncnc(OC)c2[N+](=O)[O-])CC1. The fourth-order valence-corrected chi connectivity index (χ4v) is 2.30. The molecule has 1 heterocycles. The van der Waals surface area contributed by atoms with E-state index < -0.39 is 4.92 Å². The summed E-state index contributed by atoms with van der Waals surface area (Å²) in [7, 11) is 1.36. The average molecular weight is 266 g/mol. The van der Waals surface area contributed by atoms with Gasteiger partial charge in [-0.3, -0.25) is 10.1 Å². The molecule has 0 radical (unpaired) electrons. The van der Waals surface area contributed by atoms with E-state index in [1.54, 1.807) is 0 Å². The third-order valence-corrected chi connectivity index (χ3v) is 3.53. The molecule has 0 bridgehead atoms. The summed E-state index contributed by atoms with van der Waals surface area (Å²) in [5.74, 6) is 0.224. The molecule has 1 aliphatic carbocycles. The lowest BCUT2D eigenvalue weighted by molar-refractivity contribution is -0.385. The summed E-state index contributed by atoms with van der Waals surface area (Å²) < 4.78 is 4.91. The number of nitro groups is 1. The highest BCUT2D eigenvalue weighted by Gasteiger charge is 2.41. The quantitative estimate of drug-likeness (QED) is 0.602. The van der Waals surface area contributed by atoms with Crippen LogP contribution in [0.3, 0.4) is 0 Å². The Bertz CT molecular complexity index is 474. The van der Waals surface area contributed by atoms with E-state index in [1.807, 2.05) is 0 Å². The van der Waals surface area contributed by atoms with Crippen LogP contribution in [0.25, 0.3) is 0 Å². The van der Waals surface area contributed by atoms with Gasteiger partial charge in [0, 0.05) is 6.54 Å². The highest BCUT2D eigenvalue weighted by molar-refractivity contribution is 5.61. The van der Waals surface area contributed by atoms with E-state index in [1.165, 1.54) is 26.3 Å². The van der Waals surface area contributed by atoms with Gasteiger partial charge in [0.05, 0.1) is 12.0 Å². The molecular weight excluding hydrogens is 248 g/mol. The molecule has 0 spiro atoms. The lowest BCUT2D eigenvalue weighted by Gasteiger charge is -2.15. The van der Waals surface area contributed by atoms with Gasteiger partial charge in [0.2, 0.25) is 5.82 Å². The van der Waals surface area contributed by atoms with Crippen LogP contribution in [0.2, 0.25) is 0 Å². The van der Waals surface area contributed by atoms with Gasteiger partial charge in [-0.2, -0.15) is 4.98 Å². The molecule has 1 aromatic rings. The van der Waals surface area contributed by atoms with Gasteiger partial charge >= 0.3 is 5.69 Å². The molecule has 0 atom stereocenters. The van der Waals surface area contributed by atoms with Crippen molar-refractivity contribution in [2.24, 2.45) is 5.41 Å². The summed E-state index contributed by atoms with van der Waals surface area (Å²) in [5.41, 5.74) is 0.0955. The largest absolute Gasteiger partial charge is 0.476 e. The smallest absolute Gasteiger partial charge is 0.372 e. The highest BCUT2D eigenvalue weighted by Crippen LogP contribution is 2.49. The molecule has 1 aliphatic rings. The van der Waals surface area contributed by atoms with Gasteiger partial charge in [0.25, 0.3) is 5.88 Å². The minimum Gasteiger partial charge on any atom is -0.476 e. The Morgan fingerprint density at radius 1 is 1.53 bits per heavy atom. The minimum atomic E-state index is -0.513. The van der Waals surface area contributed by atoms with E-state index in [0.29, 0.717) is 12.0 Å². The fourth-order valence-electron chi connectivity index (χ4n) is 2.30. The molecule has 1 fully saturated rings. The molecule has 0 amide bonds. The first kappa shape index (κ1) is 13.5. The van der Waals surface area contributed by atoms with E-state index in [0.717, 1.165) is 12.8 Å². The summed E-state index contributed by atoms with van der Waals surface area (Å²) in [5, 5.41) is 14.2. The zero-order valence-electron chi connectivity index (χ0n) is 11.2. The van der Waals surface area contributed by atoms with E-state index in [4.69, 9.17) is 4.74 Å². The summed E-state index contributed by atoms with van der Waals surface area (Å²) in [6.45, 7) is 2.86. The second-order valence-corrected chi connectivity index (χ2v) is 4.94. The topological polar surface area (TPSA) is 90.2 Å². The Balaban J connectivity index is 2.14. The zero-order valence-corrected chi connectivity index (χ0v) is 11.2. The van der Waals surface area contributed by atoms with Crippen LogP contribution in [0.15, 0.2) is 6.33 Å². The van der Waals surface area contributed by atoms with Crippen molar-refractivity contribution in [3.05, 3.63) is 16.4 Å². The van der Waals surface area contributed by atoms with Crippen molar-refractivity contribution in [2.45, 2.75) is 32.6 Å². The van der Waals surface area contributed by atoms with Gasteiger partial charge in [0.1, 0.15) is 6.33 Å². The lowest BCUT2D eigenvalue weighted by atomic mass is 10.0. The highest BCUT2D eigenvalue weighted by atomic mass is 16.6. The van der Waals surface area contributed by atoms with E-state index >= 15 is 0 Å². The molecule has 7 heteroatoms. The number of methoxy groups -OCH3 is 1. The van der Waals surface area contributed by atoms with Crippen LogP contribution in [0.4, 0.5) is 11.5 Å². The van der Waals surface area contributed by atoms with Gasteiger partial charge in [0.15, 0.2) is 0 Å². The summed E-state index contributed by atoms with van der Waals surface area (Å²) >= 11 is 0. The predicted octanol–water partition coefficient (Wildman–Crippen LogP) is 2.39. The Morgan fingerprint density at radius 3 is 2.79 bits per heavy atom. The molecule has 104 valence electrons. The Labute approximate surface area is 111 Å². The maximum atomic E-state index is 11.1. The third kappa shape index (κ3) is 2.91. The van der Waals surface area contributed by atoms with Crippen molar-refractivity contribution < 1.29 is 9.66 Å². The van der Waals surface area contributed by atoms with Crippen LogP contribution in [-0.2, 0) is 0 Å². The van der Waals surface area contributed by atoms with Crippen LogP contribution in [0.5, 0.6) is 5.88 Å². The molecule has 0 saturated heterocycles. The molecule has 1 N–H and O–H groups in total. The van der Waals surface area contributed by atoms with E-state index in [2.05, 4.69) is 22.2 Å². The Morgan fingerprint density at radius 2 is 2.26 bits per heavy atom. The fraction of sp³-hybridized carbons (Fsp3) is 0.667. The number of hydrogen-bond donors (Lipinski definition) is 1. The summed E-state index contributed by atoms with van der Waals surface area (Å²) in [6.07, 6.45) is 5.87. The van der Waals surface area contributed by atoms with Crippen LogP contribution in [0, 0.1) is 15.5 Å².